The third-order valence-corrected chi connectivity index (χ3v) is 6.70. The molecule has 174 valence electrons. The Labute approximate surface area is 193 Å². The second-order valence-electron chi connectivity index (χ2n) is 8.64. The Morgan fingerprint density at radius 2 is 1.70 bits per heavy atom. The van der Waals surface area contributed by atoms with E-state index in [1.54, 1.807) is 6.07 Å². The minimum atomic E-state index is -0.744. The van der Waals surface area contributed by atoms with Crippen molar-refractivity contribution in [3.8, 4) is 17.3 Å². The van der Waals surface area contributed by atoms with Crippen LogP contribution >= 0.6 is 11.6 Å². The van der Waals surface area contributed by atoms with E-state index in [2.05, 4.69) is 15.0 Å². The molecule has 6 rings (SSSR count). The minimum absolute atomic E-state index is 0.230. The number of β-amino-alcohol motifs (C(OH)–C–C–N with tert-alkyl or cyclic N) is 2. The molecule has 0 aliphatic carbocycles. The van der Waals surface area contributed by atoms with Gasteiger partial charge in [0.25, 0.3) is 6.01 Å². The van der Waals surface area contributed by atoms with Gasteiger partial charge in [-0.2, -0.15) is 4.98 Å². The Morgan fingerprint density at radius 3 is 2.45 bits per heavy atom. The standard InChI is InChI=1S/C22H23ClN4O6/c23-12-5-13-21(26-22(24-13)33-17-9-32-19-16(30)8-31-20(17)19)25-18(12)10-1-3-11(4-2-10)27-6-14(28)15(29)7-27/h1-5,14-17,19-20,28-30H,6-9H2,(H,24,25,26)/t14-,15+,16-,17-,19-,20-/m1/s1. The van der Waals surface area contributed by atoms with Gasteiger partial charge in [0.15, 0.2) is 11.8 Å². The van der Waals surface area contributed by atoms with Crippen LogP contribution in [0.1, 0.15) is 0 Å². The summed E-state index contributed by atoms with van der Waals surface area (Å²) in [6, 6.07) is 9.66. The maximum atomic E-state index is 9.89. The lowest BCUT2D eigenvalue weighted by Gasteiger charge is -2.18. The number of ether oxygens (including phenoxy) is 3. The monoisotopic (exact) mass is 474 g/mol. The molecular weight excluding hydrogens is 452 g/mol. The van der Waals surface area contributed by atoms with Gasteiger partial charge in [-0.25, -0.2) is 4.98 Å². The van der Waals surface area contributed by atoms with Gasteiger partial charge in [0.1, 0.15) is 18.3 Å². The summed E-state index contributed by atoms with van der Waals surface area (Å²) >= 11 is 6.52. The van der Waals surface area contributed by atoms with Crippen LogP contribution in [0.4, 0.5) is 5.69 Å². The summed E-state index contributed by atoms with van der Waals surface area (Å²) in [5.74, 6) is 0. The molecule has 3 aliphatic heterocycles. The molecule has 3 aromatic rings. The van der Waals surface area contributed by atoms with Gasteiger partial charge in [0, 0.05) is 24.3 Å². The average Bonchev–Trinajstić information content (AvgIpc) is 3.55. The van der Waals surface area contributed by atoms with Crippen molar-refractivity contribution in [1.82, 2.24) is 15.0 Å². The maximum Gasteiger partial charge on any atom is 0.296 e. The number of fused-ring (bicyclic) bond motifs is 2. The number of aromatic nitrogens is 3. The largest absolute Gasteiger partial charge is 0.456 e. The highest BCUT2D eigenvalue weighted by molar-refractivity contribution is 6.33. The van der Waals surface area contributed by atoms with Crippen LogP contribution in [0, 0.1) is 0 Å². The fourth-order valence-corrected chi connectivity index (χ4v) is 4.91. The predicted octanol–water partition coefficient (Wildman–Crippen LogP) is 0.726. The number of aromatic amines is 1. The quantitative estimate of drug-likeness (QED) is 0.431. The number of halogens is 1. The number of anilines is 1. The van der Waals surface area contributed by atoms with E-state index < -0.39 is 18.3 Å². The van der Waals surface area contributed by atoms with Crippen molar-refractivity contribution in [2.75, 3.05) is 31.2 Å². The Bertz CT molecular complexity index is 1160. The van der Waals surface area contributed by atoms with Crippen LogP contribution in [0.3, 0.4) is 0 Å². The summed E-state index contributed by atoms with van der Waals surface area (Å²) in [5.41, 5.74) is 3.40. The highest BCUT2D eigenvalue weighted by Gasteiger charge is 2.48. The number of nitrogens with zero attached hydrogens (tertiary/aromatic N) is 3. The van der Waals surface area contributed by atoms with E-state index in [9.17, 15) is 15.3 Å². The van der Waals surface area contributed by atoms with Crippen molar-refractivity contribution >= 4 is 28.5 Å². The van der Waals surface area contributed by atoms with E-state index >= 15 is 0 Å². The smallest absolute Gasteiger partial charge is 0.296 e. The number of aliphatic hydroxyl groups is 3. The maximum absolute atomic E-state index is 9.89. The van der Waals surface area contributed by atoms with Crippen molar-refractivity contribution in [2.45, 2.75) is 36.6 Å². The Morgan fingerprint density at radius 1 is 0.970 bits per heavy atom. The van der Waals surface area contributed by atoms with Gasteiger partial charge < -0.3 is 39.4 Å². The lowest BCUT2D eigenvalue weighted by Crippen LogP contribution is -2.34. The molecule has 10 nitrogen and oxygen atoms in total. The van der Waals surface area contributed by atoms with Crippen LogP contribution in [-0.2, 0) is 9.47 Å². The van der Waals surface area contributed by atoms with Gasteiger partial charge in [-0.05, 0) is 18.2 Å². The lowest BCUT2D eigenvalue weighted by atomic mass is 10.1. The highest BCUT2D eigenvalue weighted by atomic mass is 35.5. The van der Waals surface area contributed by atoms with Crippen molar-refractivity contribution in [3.63, 3.8) is 0 Å². The van der Waals surface area contributed by atoms with Gasteiger partial charge >= 0.3 is 0 Å². The first-order valence-electron chi connectivity index (χ1n) is 10.8. The van der Waals surface area contributed by atoms with Crippen LogP contribution in [0.2, 0.25) is 5.02 Å². The Hall–Kier alpha value is -2.47. The van der Waals surface area contributed by atoms with Crippen LogP contribution < -0.4 is 9.64 Å². The SMILES string of the molecule is O[C@@H]1CO[C@H]2[C@@H]1OC[C@H]2Oc1nc2nc(-c3ccc(N4C[C@@H](O)[C@@H](O)C4)cc3)c(Cl)cc2[nH]1. The fourth-order valence-electron chi connectivity index (χ4n) is 4.65. The number of pyridine rings is 1. The number of benzene rings is 1. The molecule has 1 aromatic carbocycles. The van der Waals surface area contributed by atoms with Crippen molar-refractivity contribution < 1.29 is 29.5 Å². The minimum Gasteiger partial charge on any atom is -0.456 e. The van der Waals surface area contributed by atoms with Gasteiger partial charge in [-0.1, -0.05) is 23.7 Å². The first-order chi connectivity index (χ1) is 16.0. The second kappa shape index (κ2) is 8.08. The molecule has 0 amide bonds. The molecule has 3 aliphatic rings. The molecule has 2 aromatic heterocycles. The van der Waals surface area contributed by atoms with E-state index in [1.807, 2.05) is 29.2 Å². The van der Waals surface area contributed by atoms with E-state index in [4.69, 9.17) is 25.8 Å². The lowest BCUT2D eigenvalue weighted by molar-refractivity contribution is 0.00706. The normalized spacial score (nSPS) is 31.5. The molecule has 4 N–H and O–H groups in total. The van der Waals surface area contributed by atoms with E-state index in [-0.39, 0.29) is 30.9 Å². The third-order valence-electron chi connectivity index (χ3n) is 6.41. The molecule has 0 radical (unpaired) electrons. The zero-order valence-corrected chi connectivity index (χ0v) is 18.2. The molecule has 6 atom stereocenters. The number of nitrogens with one attached hydrogen (secondary N) is 1. The number of hydrogen-bond acceptors (Lipinski definition) is 9. The molecule has 5 heterocycles. The average molecular weight is 475 g/mol. The van der Waals surface area contributed by atoms with Gasteiger partial charge in [-0.15, -0.1) is 0 Å². The molecule has 0 spiro atoms. The van der Waals surface area contributed by atoms with Gasteiger partial charge in [0.05, 0.1) is 41.7 Å². The molecule has 11 heteroatoms. The molecular formula is C22H23ClN4O6. The zero-order valence-electron chi connectivity index (χ0n) is 17.5. The summed E-state index contributed by atoms with van der Waals surface area (Å²) in [6.07, 6.45) is -3.23. The number of imidazole rings is 1. The summed E-state index contributed by atoms with van der Waals surface area (Å²) in [6.45, 7) is 1.31. The van der Waals surface area contributed by atoms with E-state index in [0.29, 0.717) is 41.6 Å². The van der Waals surface area contributed by atoms with E-state index in [0.717, 1.165) is 11.3 Å². The first kappa shape index (κ1) is 21.1. The molecule has 3 saturated heterocycles. The summed E-state index contributed by atoms with van der Waals surface area (Å²) in [7, 11) is 0. The second-order valence-corrected chi connectivity index (χ2v) is 9.05. The zero-order chi connectivity index (χ0) is 22.7. The van der Waals surface area contributed by atoms with Crippen molar-refractivity contribution in [3.05, 3.63) is 35.4 Å². The van der Waals surface area contributed by atoms with Crippen molar-refractivity contribution in [1.29, 1.82) is 0 Å². The molecule has 3 fully saturated rings. The van der Waals surface area contributed by atoms with Crippen LogP contribution in [0.5, 0.6) is 6.01 Å². The van der Waals surface area contributed by atoms with Crippen molar-refractivity contribution in [2.24, 2.45) is 0 Å². The molecule has 33 heavy (non-hydrogen) atoms. The molecule has 0 saturated carbocycles. The Balaban J connectivity index is 1.22. The number of hydrogen-bond donors (Lipinski definition) is 4. The number of aliphatic hydroxyl groups excluding tert-OH is 3. The summed E-state index contributed by atoms with van der Waals surface area (Å²) in [5, 5.41) is 29.9. The Kier molecular flexibility index (Phi) is 5.17. The predicted molar refractivity (Wildman–Crippen MR) is 118 cm³/mol. The van der Waals surface area contributed by atoms with Crippen LogP contribution in [-0.4, -0.2) is 93.2 Å². The van der Waals surface area contributed by atoms with Gasteiger partial charge in [0.2, 0.25) is 0 Å². The molecule has 0 bridgehead atoms. The van der Waals surface area contributed by atoms with Crippen LogP contribution in [0.15, 0.2) is 30.3 Å². The third kappa shape index (κ3) is 3.72. The molecule has 0 unspecified atom stereocenters. The van der Waals surface area contributed by atoms with E-state index in [1.165, 1.54) is 0 Å². The van der Waals surface area contributed by atoms with Crippen LogP contribution in [0.25, 0.3) is 22.4 Å². The topological polar surface area (TPSA) is 133 Å². The first-order valence-corrected chi connectivity index (χ1v) is 11.2. The number of H-pyrrole nitrogens is 1. The highest BCUT2D eigenvalue weighted by Crippen LogP contribution is 2.33. The van der Waals surface area contributed by atoms with Gasteiger partial charge in [-0.3, -0.25) is 0 Å². The number of rotatable bonds is 4. The summed E-state index contributed by atoms with van der Waals surface area (Å²) < 4.78 is 17.1. The fraction of sp³-hybridized carbons (Fsp3) is 0.455. The summed E-state index contributed by atoms with van der Waals surface area (Å²) in [4.78, 5) is 14.1.